The molecule has 0 atom stereocenters. The fraction of sp³-hybridized carbons (Fsp3) is 0.182. The average molecular weight is 173 g/mol. The van der Waals surface area contributed by atoms with Gasteiger partial charge in [-0.2, -0.15) is 0 Å². The van der Waals surface area contributed by atoms with E-state index in [0.717, 1.165) is 17.7 Å². The van der Waals surface area contributed by atoms with Crippen LogP contribution in [-0.4, -0.2) is 4.98 Å². The lowest BCUT2D eigenvalue weighted by molar-refractivity contribution is 0.571. The minimum Gasteiger partial charge on any atom is -0.444 e. The summed E-state index contributed by atoms with van der Waals surface area (Å²) in [5.41, 5.74) is 2.43. The molecule has 13 heavy (non-hydrogen) atoms. The van der Waals surface area contributed by atoms with Crippen LogP contribution in [0.2, 0.25) is 0 Å². The minimum absolute atomic E-state index is 0.845. The van der Waals surface area contributed by atoms with E-state index in [1.54, 1.807) is 6.20 Å². The molecular formula is C11H11NO. The van der Waals surface area contributed by atoms with E-state index < -0.39 is 0 Å². The topological polar surface area (TPSA) is 26.0 Å². The molecule has 0 aliphatic heterocycles. The first-order valence-corrected chi connectivity index (χ1v) is 4.38. The number of aryl methyl sites for hydroxylation is 1. The van der Waals surface area contributed by atoms with Crippen molar-refractivity contribution in [1.82, 2.24) is 4.98 Å². The third-order valence-corrected chi connectivity index (χ3v) is 2.10. The predicted molar refractivity (Wildman–Crippen MR) is 51.3 cm³/mol. The molecule has 0 N–H and O–H groups in total. The SMILES string of the molecule is CCc1ccccc1-c1cnco1. The smallest absolute Gasteiger partial charge is 0.181 e. The van der Waals surface area contributed by atoms with E-state index in [1.165, 1.54) is 12.0 Å². The van der Waals surface area contributed by atoms with E-state index in [-0.39, 0.29) is 0 Å². The van der Waals surface area contributed by atoms with Gasteiger partial charge in [0, 0.05) is 5.56 Å². The van der Waals surface area contributed by atoms with Crippen LogP contribution in [0.5, 0.6) is 0 Å². The van der Waals surface area contributed by atoms with E-state index in [2.05, 4.69) is 24.0 Å². The van der Waals surface area contributed by atoms with Gasteiger partial charge in [-0.05, 0) is 12.0 Å². The van der Waals surface area contributed by atoms with Crippen LogP contribution in [0.3, 0.4) is 0 Å². The van der Waals surface area contributed by atoms with E-state index in [9.17, 15) is 0 Å². The van der Waals surface area contributed by atoms with Crippen molar-refractivity contribution in [3.05, 3.63) is 42.4 Å². The van der Waals surface area contributed by atoms with Crippen molar-refractivity contribution in [2.24, 2.45) is 0 Å². The highest BCUT2D eigenvalue weighted by molar-refractivity contribution is 5.60. The normalized spacial score (nSPS) is 10.2. The van der Waals surface area contributed by atoms with Gasteiger partial charge in [0.05, 0.1) is 6.20 Å². The van der Waals surface area contributed by atoms with Gasteiger partial charge in [0.1, 0.15) is 0 Å². The third kappa shape index (κ3) is 1.47. The van der Waals surface area contributed by atoms with Crippen LogP contribution in [0.4, 0.5) is 0 Å². The van der Waals surface area contributed by atoms with Gasteiger partial charge in [-0.3, -0.25) is 0 Å². The van der Waals surface area contributed by atoms with Crippen molar-refractivity contribution in [2.45, 2.75) is 13.3 Å². The summed E-state index contributed by atoms with van der Waals surface area (Å²) in [4.78, 5) is 3.91. The molecule has 2 rings (SSSR count). The number of benzene rings is 1. The number of rotatable bonds is 2. The first kappa shape index (κ1) is 8.05. The molecule has 1 aromatic carbocycles. The average Bonchev–Trinajstić information content (AvgIpc) is 2.70. The lowest BCUT2D eigenvalue weighted by Crippen LogP contribution is -1.84. The van der Waals surface area contributed by atoms with Gasteiger partial charge in [-0.15, -0.1) is 0 Å². The van der Waals surface area contributed by atoms with E-state index in [1.807, 2.05) is 12.1 Å². The lowest BCUT2D eigenvalue weighted by Gasteiger charge is -2.02. The summed E-state index contributed by atoms with van der Waals surface area (Å²) < 4.78 is 5.25. The molecule has 2 aromatic rings. The molecular weight excluding hydrogens is 162 g/mol. The van der Waals surface area contributed by atoms with Gasteiger partial charge in [0.25, 0.3) is 0 Å². The maximum atomic E-state index is 5.25. The Balaban J connectivity index is 2.51. The second-order valence-corrected chi connectivity index (χ2v) is 2.88. The summed E-state index contributed by atoms with van der Waals surface area (Å²) in [5, 5.41) is 0. The van der Waals surface area contributed by atoms with Gasteiger partial charge >= 0.3 is 0 Å². The molecule has 0 unspecified atom stereocenters. The van der Waals surface area contributed by atoms with Crippen molar-refractivity contribution in [3.63, 3.8) is 0 Å². The van der Waals surface area contributed by atoms with Gasteiger partial charge in [-0.25, -0.2) is 4.98 Å². The summed E-state index contributed by atoms with van der Waals surface area (Å²) in [6.07, 6.45) is 4.22. The van der Waals surface area contributed by atoms with Gasteiger partial charge in [0.15, 0.2) is 12.2 Å². The molecule has 2 nitrogen and oxygen atoms in total. The Morgan fingerprint density at radius 1 is 1.31 bits per heavy atom. The van der Waals surface area contributed by atoms with Crippen LogP contribution in [0.25, 0.3) is 11.3 Å². The van der Waals surface area contributed by atoms with Crippen LogP contribution in [0, 0.1) is 0 Å². The molecule has 0 bridgehead atoms. The van der Waals surface area contributed by atoms with Gasteiger partial charge < -0.3 is 4.42 Å². The first-order valence-electron chi connectivity index (χ1n) is 4.38. The predicted octanol–water partition coefficient (Wildman–Crippen LogP) is 2.90. The Morgan fingerprint density at radius 3 is 2.85 bits per heavy atom. The highest BCUT2D eigenvalue weighted by atomic mass is 16.3. The fourth-order valence-corrected chi connectivity index (χ4v) is 1.42. The second-order valence-electron chi connectivity index (χ2n) is 2.88. The zero-order valence-electron chi connectivity index (χ0n) is 7.53. The van der Waals surface area contributed by atoms with E-state index in [4.69, 9.17) is 4.42 Å². The summed E-state index contributed by atoms with van der Waals surface area (Å²) in [5.74, 6) is 0.845. The van der Waals surface area contributed by atoms with Gasteiger partial charge in [-0.1, -0.05) is 31.2 Å². The summed E-state index contributed by atoms with van der Waals surface area (Å²) >= 11 is 0. The van der Waals surface area contributed by atoms with Gasteiger partial charge in [0.2, 0.25) is 0 Å². The molecule has 0 aliphatic rings. The molecule has 0 aliphatic carbocycles. The molecule has 0 spiro atoms. The monoisotopic (exact) mass is 173 g/mol. The molecule has 66 valence electrons. The Hall–Kier alpha value is -1.57. The highest BCUT2D eigenvalue weighted by Crippen LogP contribution is 2.22. The molecule has 1 aromatic heterocycles. The van der Waals surface area contributed by atoms with Crippen LogP contribution in [0.1, 0.15) is 12.5 Å². The Labute approximate surface area is 77.2 Å². The largest absolute Gasteiger partial charge is 0.444 e. The molecule has 2 heteroatoms. The number of hydrogen-bond acceptors (Lipinski definition) is 2. The fourth-order valence-electron chi connectivity index (χ4n) is 1.42. The molecule has 0 radical (unpaired) electrons. The van der Waals surface area contributed by atoms with Crippen LogP contribution in [0.15, 0.2) is 41.3 Å². The first-order chi connectivity index (χ1) is 6.42. The minimum atomic E-state index is 0.845. The van der Waals surface area contributed by atoms with Crippen LogP contribution >= 0.6 is 0 Å². The zero-order chi connectivity index (χ0) is 9.10. The number of hydrogen-bond donors (Lipinski definition) is 0. The maximum absolute atomic E-state index is 5.25. The number of nitrogens with zero attached hydrogens (tertiary/aromatic N) is 1. The van der Waals surface area contributed by atoms with E-state index in [0.29, 0.717) is 0 Å². The third-order valence-electron chi connectivity index (χ3n) is 2.10. The number of aromatic nitrogens is 1. The van der Waals surface area contributed by atoms with Crippen molar-refractivity contribution < 1.29 is 4.42 Å². The molecule has 1 heterocycles. The van der Waals surface area contributed by atoms with Crippen LogP contribution < -0.4 is 0 Å². The van der Waals surface area contributed by atoms with Crippen molar-refractivity contribution in [1.29, 1.82) is 0 Å². The molecule has 0 saturated carbocycles. The summed E-state index contributed by atoms with van der Waals surface area (Å²) in [6, 6.07) is 8.22. The van der Waals surface area contributed by atoms with E-state index >= 15 is 0 Å². The second kappa shape index (κ2) is 3.44. The standard InChI is InChI=1S/C11H11NO/c1-2-9-5-3-4-6-10(9)11-7-12-8-13-11/h3-8H,2H2,1H3. The highest BCUT2D eigenvalue weighted by Gasteiger charge is 2.04. The summed E-state index contributed by atoms with van der Waals surface area (Å²) in [6.45, 7) is 2.13. The quantitative estimate of drug-likeness (QED) is 0.697. The molecule has 0 saturated heterocycles. The lowest BCUT2D eigenvalue weighted by atomic mass is 10.0. The van der Waals surface area contributed by atoms with Crippen molar-refractivity contribution >= 4 is 0 Å². The Kier molecular flexibility index (Phi) is 2.13. The summed E-state index contributed by atoms with van der Waals surface area (Å²) in [7, 11) is 0. The van der Waals surface area contributed by atoms with Crippen molar-refractivity contribution in [2.75, 3.05) is 0 Å². The Bertz CT molecular complexity index is 379. The maximum Gasteiger partial charge on any atom is 0.181 e. The van der Waals surface area contributed by atoms with Crippen LogP contribution in [-0.2, 0) is 6.42 Å². The number of oxazole rings is 1. The van der Waals surface area contributed by atoms with Crippen molar-refractivity contribution in [3.8, 4) is 11.3 Å². The zero-order valence-corrected chi connectivity index (χ0v) is 7.53. The Morgan fingerprint density at radius 2 is 2.15 bits per heavy atom. The molecule has 0 amide bonds. The molecule has 0 fully saturated rings.